The van der Waals surface area contributed by atoms with Crippen LogP contribution in [0, 0.1) is 11.6 Å². The highest BCUT2D eigenvalue weighted by Gasteiger charge is 2.12. The number of carbonyl (C=O) groups is 2. The van der Waals surface area contributed by atoms with Crippen molar-refractivity contribution in [1.82, 2.24) is 10.3 Å². The number of thiazole rings is 1. The van der Waals surface area contributed by atoms with Crippen molar-refractivity contribution in [3.63, 3.8) is 0 Å². The molecule has 2 aromatic carbocycles. The molecule has 3 rings (SSSR count). The van der Waals surface area contributed by atoms with Gasteiger partial charge >= 0.3 is 0 Å². The molecule has 2 N–H and O–H groups in total. The first-order chi connectivity index (χ1) is 13.0. The lowest BCUT2D eigenvalue weighted by Gasteiger charge is -2.05. The van der Waals surface area contributed by atoms with Gasteiger partial charge in [-0.15, -0.1) is 11.3 Å². The molecule has 0 aliphatic heterocycles. The molecule has 2 amide bonds. The zero-order chi connectivity index (χ0) is 19.2. The van der Waals surface area contributed by atoms with Crippen molar-refractivity contribution in [2.75, 3.05) is 5.32 Å². The minimum Gasteiger partial charge on any atom is -0.352 e. The van der Waals surface area contributed by atoms with Crippen LogP contribution in [0.1, 0.15) is 21.6 Å². The van der Waals surface area contributed by atoms with Crippen LogP contribution in [0.5, 0.6) is 0 Å². The molecule has 0 unspecified atom stereocenters. The second-order valence-electron chi connectivity index (χ2n) is 5.65. The van der Waals surface area contributed by atoms with E-state index in [1.807, 2.05) is 6.07 Å². The molecule has 8 heteroatoms. The van der Waals surface area contributed by atoms with E-state index in [-0.39, 0.29) is 30.3 Å². The van der Waals surface area contributed by atoms with Gasteiger partial charge in [-0.3, -0.25) is 14.9 Å². The number of carbonyl (C=O) groups excluding carboxylic acids is 2. The van der Waals surface area contributed by atoms with Gasteiger partial charge in [0, 0.05) is 29.1 Å². The van der Waals surface area contributed by atoms with Gasteiger partial charge in [0.1, 0.15) is 11.6 Å². The van der Waals surface area contributed by atoms with Gasteiger partial charge in [0.2, 0.25) is 5.91 Å². The average molecular weight is 387 g/mol. The maximum atomic E-state index is 13.6. The van der Waals surface area contributed by atoms with Crippen molar-refractivity contribution in [2.24, 2.45) is 0 Å². The average Bonchev–Trinajstić information content (AvgIpc) is 3.08. The van der Waals surface area contributed by atoms with E-state index in [4.69, 9.17) is 0 Å². The molecule has 3 aromatic rings. The molecule has 1 aromatic heterocycles. The van der Waals surface area contributed by atoms with Gasteiger partial charge in [0.05, 0.1) is 12.1 Å². The molecule has 0 saturated heterocycles. The van der Waals surface area contributed by atoms with Crippen LogP contribution in [0.25, 0.3) is 0 Å². The fourth-order valence-electron chi connectivity index (χ4n) is 2.29. The molecule has 27 heavy (non-hydrogen) atoms. The van der Waals surface area contributed by atoms with E-state index in [1.54, 1.807) is 29.6 Å². The molecule has 0 spiro atoms. The van der Waals surface area contributed by atoms with E-state index in [2.05, 4.69) is 15.6 Å². The standard InChI is InChI=1S/C19H15F2N3O2S/c20-14-7-6-13(16(21)8-14)10-22-17(25)9-15-11-27-19(23-15)24-18(26)12-4-2-1-3-5-12/h1-8,11H,9-10H2,(H,22,25)(H,23,24,26). The molecule has 0 fully saturated rings. The summed E-state index contributed by atoms with van der Waals surface area (Å²) in [5.74, 6) is -2.03. The lowest BCUT2D eigenvalue weighted by Crippen LogP contribution is -2.25. The summed E-state index contributed by atoms with van der Waals surface area (Å²) in [6, 6.07) is 11.9. The van der Waals surface area contributed by atoms with Crippen molar-refractivity contribution in [3.8, 4) is 0 Å². The highest BCUT2D eigenvalue weighted by atomic mass is 32.1. The smallest absolute Gasteiger partial charge is 0.257 e. The summed E-state index contributed by atoms with van der Waals surface area (Å²) in [6.07, 6.45) is -0.0134. The Morgan fingerprint density at radius 2 is 1.85 bits per heavy atom. The largest absolute Gasteiger partial charge is 0.352 e. The van der Waals surface area contributed by atoms with Crippen molar-refractivity contribution >= 4 is 28.3 Å². The van der Waals surface area contributed by atoms with Crippen LogP contribution in [0.4, 0.5) is 13.9 Å². The first-order valence-electron chi connectivity index (χ1n) is 8.02. The molecule has 0 aliphatic rings. The number of halogens is 2. The number of anilines is 1. The number of rotatable bonds is 6. The van der Waals surface area contributed by atoms with Crippen molar-refractivity contribution < 1.29 is 18.4 Å². The predicted octanol–water partition coefficient (Wildman–Crippen LogP) is 3.53. The molecule has 0 bridgehead atoms. The zero-order valence-electron chi connectivity index (χ0n) is 14.0. The maximum Gasteiger partial charge on any atom is 0.257 e. The van der Waals surface area contributed by atoms with Crippen LogP contribution in [-0.2, 0) is 17.8 Å². The Morgan fingerprint density at radius 1 is 1.07 bits per heavy atom. The third kappa shape index (κ3) is 5.18. The van der Waals surface area contributed by atoms with E-state index in [9.17, 15) is 18.4 Å². The minimum absolute atomic E-state index is 0.0134. The van der Waals surface area contributed by atoms with Gasteiger partial charge in [-0.05, 0) is 18.2 Å². The number of hydrogen-bond acceptors (Lipinski definition) is 4. The van der Waals surface area contributed by atoms with Crippen molar-refractivity contribution in [2.45, 2.75) is 13.0 Å². The quantitative estimate of drug-likeness (QED) is 0.680. The van der Waals surface area contributed by atoms with Gasteiger partial charge in [-0.25, -0.2) is 13.8 Å². The van der Waals surface area contributed by atoms with E-state index in [0.29, 0.717) is 16.4 Å². The second kappa shape index (κ2) is 8.50. The number of benzene rings is 2. The number of amides is 2. The van der Waals surface area contributed by atoms with Crippen LogP contribution in [0.3, 0.4) is 0 Å². The Labute approximate surface area is 158 Å². The SMILES string of the molecule is O=C(Cc1csc(NC(=O)c2ccccc2)n1)NCc1ccc(F)cc1F. The molecule has 1 heterocycles. The number of nitrogens with zero attached hydrogens (tertiary/aromatic N) is 1. The molecule has 0 radical (unpaired) electrons. The topological polar surface area (TPSA) is 71.1 Å². The van der Waals surface area contributed by atoms with Gasteiger partial charge in [0.15, 0.2) is 5.13 Å². The minimum atomic E-state index is -0.713. The zero-order valence-corrected chi connectivity index (χ0v) is 14.9. The number of nitrogens with one attached hydrogen (secondary N) is 2. The summed E-state index contributed by atoms with van der Waals surface area (Å²) in [6.45, 7) is -0.0489. The van der Waals surface area contributed by atoms with Gasteiger partial charge in [-0.2, -0.15) is 0 Å². The molecule has 0 aliphatic carbocycles. The molecule has 0 atom stereocenters. The summed E-state index contributed by atoms with van der Waals surface area (Å²) in [4.78, 5) is 28.3. The van der Waals surface area contributed by atoms with Gasteiger partial charge < -0.3 is 5.32 Å². The first kappa shape index (κ1) is 18.7. The molecular formula is C19H15F2N3O2S. The first-order valence-corrected chi connectivity index (χ1v) is 8.90. The number of hydrogen-bond donors (Lipinski definition) is 2. The predicted molar refractivity (Wildman–Crippen MR) is 98.4 cm³/mol. The fourth-order valence-corrected chi connectivity index (χ4v) is 3.00. The Balaban J connectivity index is 1.52. The van der Waals surface area contributed by atoms with E-state index in [0.717, 1.165) is 12.1 Å². The Hall–Kier alpha value is -3.13. The molecule has 0 saturated carbocycles. The Kier molecular flexibility index (Phi) is 5.87. The van der Waals surface area contributed by atoms with Crippen molar-refractivity contribution in [3.05, 3.63) is 82.4 Å². The normalized spacial score (nSPS) is 10.4. The highest BCUT2D eigenvalue weighted by Crippen LogP contribution is 2.17. The third-order valence-electron chi connectivity index (χ3n) is 3.64. The molecule has 138 valence electrons. The summed E-state index contributed by atoms with van der Waals surface area (Å²) in [5, 5.41) is 7.28. The molecular weight excluding hydrogens is 372 g/mol. The van der Waals surface area contributed by atoms with E-state index >= 15 is 0 Å². The monoisotopic (exact) mass is 387 g/mol. The Bertz CT molecular complexity index is 961. The van der Waals surface area contributed by atoms with Crippen LogP contribution in [-0.4, -0.2) is 16.8 Å². The fraction of sp³-hybridized carbons (Fsp3) is 0.105. The second-order valence-corrected chi connectivity index (χ2v) is 6.51. The summed E-state index contributed by atoms with van der Waals surface area (Å²) >= 11 is 1.21. The third-order valence-corrected chi connectivity index (χ3v) is 4.45. The van der Waals surface area contributed by atoms with Gasteiger partial charge in [0.25, 0.3) is 5.91 Å². The number of aromatic nitrogens is 1. The summed E-state index contributed by atoms with van der Waals surface area (Å²) < 4.78 is 26.4. The van der Waals surface area contributed by atoms with Gasteiger partial charge in [-0.1, -0.05) is 24.3 Å². The van der Waals surface area contributed by atoms with Crippen LogP contribution >= 0.6 is 11.3 Å². The summed E-state index contributed by atoms with van der Waals surface area (Å²) in [7, 11) is 0. The lowest BCUT2D eigenvalue weighted by atomic mass is 10.2. The highest BCUT2D eigenvalue weighted by molar-refractivity contribution is 7.14. The molecule has 5 nitrogen and oxygen atoms in total. The Morgan fingerprint density at radius 3 is 2.59 bits per heavy atom. The van der Waals surface area contributed by atoms with Crippen LogP contribution in [0.2, 0.25) is 0 Å². The van der Waals surface area contributed by atoms with Crippen LogP contribution in [0.15, 0.2) is 53.9 Å². The van der Waals surface area contributed by atoms with Crippen molar-refractivity contribution in [1.29, 1.82) is 0 Å². The van der Waals surface area contributed by atoms with E-state index < -0.39 is 11.6 Å². The van der Waals surface area contributed by atoms with Crippen LogP contribution < -0.4 is 10.6 Å². The summed E-state index contributed by atoms with van der Waals surface area (Å²) in [5.41, 5.74) is 1.19. The maximum absolute atomic E-state index is 13.6. The lowest BCUT2D eigenvalue weighted by molar-refractivity contribution is -0.120. The van der Waals surface area contributed by atoms with E-state index in [1.165, 1.54) is 17.4 Å².